The van der Waals surface area contributed by atoms with Gasteiger partial charge in [-0.3, -0.25) is 30.1 Å². The fourth-order valence-electron chi connectivity index (χ4n) is 2.50. The first-order valence-electron chi connectivity index (χ1n) is 8.61. The summed E-state index contributed by atoms with van der Waals surface area (Å²) < 4.78 is 0.468. The largest absolute Gasteiger partial charge is 0.508 e. The number of thiocarbonyl (C=S) groups is 1. The number of thioether (sulfide) groups is 1. The fourth-order valence-corrected chi connectivity index (χ4v) is 4.53. The number of thiophene rings is 1. The molecule has 0 spiro atoms. The highest BCUT2D eigenvalue weighted by atomic mass is 32.2. The molecule has 2 aromatic rings. The summed E-state index contributed by atoms with van der Waals surface area (Å²) in [4.78, 5) is 39.4. The van der Waals surface area contributed by atoms with Gasteiger partial charge in [0.2, 0.25) is 5.91 Å². The Morgan fingerprint density at radius 1 is 1.21 bits per heavy atom. The summed E-state index contributed by atoms with van der Waals surface area (Å²) in [5.74, 6) is -1.13. The van der Waals surface area contributed by atoms with Crippen LogP contribution < -0.4 is 10.9 Å². The number of hydrogen-bond donors (Lipinski definition) is 3. The summed E-state index contributed by atoms with van der Waals surface area (Å²) in [7, 11) is 0. The van der Waals surface area contributed by atoms with E-state index in [9.17, 15) is 19.5 Å². The van der Waals surface area contributed by atoms with Crippen LogP contribution in [0.2, 0.25) is 0 Å². The number of rotatable bonds is 6. The predicted octanol–water partition coefficient (Wildman–Crippen LogP) is 2.90. The van der Waals surface area contributed by atoms with E-state index in [1.54, 1.807) is 0 Å². The molecule has 1 fully saturated rings. The molecule has 1 saturated heterocycles. The topological polar surface area (TPSA) is 98.7 Å². The molecule has 3 rings (SSSR count). The van der Waals surface area contributed by atoms with Gasteiger partial charge in [-0.2, -0.15) is 0 Å². The molecule has 0 atom stereocenters. The van der Waals surface area contributed by atoms with Crippen molar-refractivity contribution >= 4 is 63.4 Å². The van der Waals surface area contributed by atoms with Crippen LogP contribution in [0.15, 0.2) is 46.7 Å². The van der Waals surface area contributed by atoms with Crippen molar-refractivity contribution in [1.29, 1.82) is 0 Å². The Bertz CT molecular complexity index is 973. The first kappa shape index (κ1) is 21.0. The molecule has 1 aliphatic rings. The van der Waals surface area contributed by atoms with Crippen molar-refractivity contribution in [3.8, 4) is 5.75 Å². The van der Waals surface area contributed by atoms with E-state index < -0.39 is 11.8 Å². The molecular formula is C19H17N3O4S3. The molecule has 0 aliphatic carbocycles. The maximum atomic E-state index is 12.5. The molecule has 0 bridgehead atoms. The predicted molar refractivity (Wildman–Crippen MR) is 117 cm³/mol. The molecular weight excluding hydrogens is 430 g/mol. The minimum absolute atomic E-state index is 0.0411. The Morgan fingerprint density at radius 2 is 2.03 bits per heavy atom. The first-order valence-corrected chi connectivity index (χ1v) is 10.7. The maximum absolute atomic E-state index is 12.5. The Labute approximate surface area is 180 Å². The normalized spacial score (nSPS) is 15.0. The van der Waals surface area contributed by atoms with Crippen LogP contribution in [0, 0.1) is 0 Å². The maximum Gasteiger partial charge on any atom is 0.269 e. The summed E-state index contributed by atoms with van der Waals surface area (Å²) in [6.07, 6.45) is 2.32. The number of phenolic OH excluding ortho intramolecular Hbond substituents is 1. The Morgan fingerprint density at radius 3 is 2.76 bits per heavy atom. The number of hydrogen-bond acceptors (Lipinski definition) is 7. The minimum atomic E-state index is -0.537. The van der Waals surface area contributed by atoms with Crippen molar-refractivity contribution < 1.29 is 19.5 Å². The second-order valence-corrected chi connectivity index (χ2v) is 8.66. The molecule has 29 heavy (non-hydrogen) atoms. The van der Waals surface area contributed by atoms with Crippen molar-refractivity contribution in [3.63, 3.8) is 0 Å². The lowest BCUT2D eigenvalue weighted by Crippen LogP contribution is -2.41. The Hall–Kier alpha value is -2.69. The fraction of sp³-hybridized carbons (Fsp3) is 0.158. The molecule has 3 N–H and O–H groups in total. The zero-order chi connectivity index (χ0) is 20.8. The zero-order valence-corrected chi connectivity index (χ0v) is 17.5. The lowest BCUT2D eigenvalue weighted by atomic mass is 10.2. The molecule has 0 radical (unpaired) electrons. The number of carbonyl (C=O) groups excluding carboxylic acids is 3. The van der Waals surface area contributed by atoms with Gasteiger partial charge in [0, 0.05) is 23.4 Å². The van der Waals surface area contributed by atoms with Gasteiger partial charge in [0.1, 0.15) is 10.1 Å². The molecule has 0 saturated carbocycles. The van der Waals surface area contributed by atoms with E-state index in [4.69, 9.17) is 12.2 Å². The lowest BCUT2D eigenvalue weighted by Gasteiger charge is -2.14. The number of carbonyl (C=O) groups is 3. The van der Waals surface area contributed by atoms with Crippen LogP contribution in [-0.4, -0.2) is 38.6 Å². The van der Waals surface area contributed by atoms with Crippen LogP contribution in [0.25, 0.3) is 6.08 Å². The number of nitrogens with one attached hydrogen (secondary N) is 2. The number of benzene rings is 1. The summed E-state index contributed by atoms with van der Waals surface area (Å²) in [6, 6.07) is 9.61. The Kier molecular flexibility index (Phi) is 7.02. The van der Waals surface area contributed by atoms with E-state index in [-0.39, 0.29) is 23.6 Å². The van der Waals surface area contributed by atoms with Gasteiger partial charge in [-0.25, -0.2) is 0 Å². The van der Waals surface area contributed by atoms with Gasteiger partial charge in [-0.1, -0.05) is 36.1 Å². The first-order chi connectivity index (χ1) is 13.9. The van der Waals surface area contributed by atoms with Crippen LogP contribution in [0.5, 0.6) is 5.75 Å². The van der Waals surface area contributed by atoms with Crippen LogP contribution in [0.3, 0.4) is 0 Å². The monoisotopic (exact) mass is 447 g/mol. The van der Waals surface area contributed by atoms with Gasteiger partial charge in [0.25, 0.3) is 11.8 Å². The van der Waals surface area contributed by atoms with E-state index in [0.717, 1.165) is 4.88 Å². The van der Waals surface area contributed by atoms with Crippen molar-refractivity contribution in [1.82, 2.24) is 15.8 Å². The summed E-state index contributed by atoms with van der Waals surface area (Å²) in [5, 5.41) is 11.3. The highest BCUT2D eigenvalue weighted by Crippen LogP contribution is 2.33. The standard InChI is InChI=1S/C19H17N3O4S3/c23-13-5-1-4-12(10-13)17(25)21-20-16(24)7-2-8-22-18(26)15(29-19(22)27)11-14-6-3-9-28-14/h1,3-6,9-11,23H,2,7-8H2,(H,20,24)(H,21,25)/b15-11-. The second-order valence-electron chi connectivity index (χ2n) is 6.00. The minimum Gasteiger partial charge on any atom is -0.508 e. The van der Waals surface area contributed by atoms with Gasteiger partial charge in [0.15, 0.2) is 0 Å². The zero-order valence-electron chi connectivity index (χ0n) is 15.1. The number of hydrazine groups is 1. The van der Waals surface area contributed by atoms with Crippen LogP contribution in [0.4, 0.5) is 0 Å². The number of aromatic hydroxyl groups is 1. The van der Waals surface area contributed by atoms with Crippen molar-refractivity contribution in [2.45, 2.75) is 12.8 Å². The highest BCUT2D eigenvalue weighted by Gasteiger charge is 2.31. The molecule has 3 amide bonds. The third-order valence-electron chi connectivity index (χ3n) is 3.90. The molecule has 1 aliphatic heterocycles. The third-order valence-corrected chi connectivity index (χ3v) is 6.10. The van der Waals surface area contributed by atoms with Gasteiger partial charge in [-0.05, 0) is 42.1 Å². The quantitative estimate of drug-likeness (QED) is 0.358. The van der Waals surface area contributed by atoms with E-state index in [0.29, 0.717) is 22.2 Å². The average molecular weight is 448 g/mol. The van der Waals surface area contributed by atoms with E-state index in [1.165, 1.54) is 52.3 Å². The van der Waals surface area contributed by atoms with Crippen LogP contribution in [0.1, 0.15) is 28.1 Å². The van der Waals surface area contributed by atoms with Gasteiger partial charge in [0.05, 0.1) is 4.91 Å². The van der Waals surface area contributed by atoms with Crippen molar-refractivity contribution in [2.75, 3.05) is 6.54 Å². The molecule has 150 valence electrons. The summed E-state index contributed by atoms with van der Waals surface area (Å²) in [5.41, 5.74) is 4.82. The third kappa shape index (κ3) is 5.66. The van der Waals surface area contributed by atoms with Gasteiger partial charge >= 0.3 is 0 Å². The molecule has 10 heteroatoms. The second kappa shape index (κ2) is 9.68. The highest BCUT2D eigenvalue weighted by molar-refractivity contribution is 8.26. The number of phenols is 1. The average Bonchev–Trinajstić information content (AvgIpc) is 3.30. The van der Waals surface area contributed by atoms with Gasteiger partial charge < -0.3 is 5.11 Å². The van der Waals surface area contributed by atoms with Gasteiger partial charge in [-0.15, -0.1) is 11.3 Å². The van der Waals surface area contributed by atoms with E-state index in [1.807, 2.05) is 23.6 Å². The van der Waals surface area contributed by atoms with E-state index >= 15 is 0 Å². The van der Waals surface area contributed by atoms with Crippen molar-refractivity contribution in [3.05, 3.63) is 57.1 Å². The van der Waals surface area contributed by atoms with Crippen LogP contribution >= 0.6 is 35.3 Å². The van der Waals surface area contributed by atoms with E-state index in [2.05, 4.69) is 10.9 Å². The summed E-state index contributed by atoms with van der Waals surface area (Å²) in [6.45, 7) is 0.320. The summed E-state index contributed by atoms with van der Waals surface area (Å²) >= 11 is 8.06. The smallest absolute Gasteiger partial charge is 0.269 e. The molecule has 0 unspecified atom stereocenters. The molecule has 1 aromatic carbocycles. The SMILES string of the molecule is O=C(CCCN1C(=O)/C(=C/c2cccs2)SC1=S)NNC(=O)c1cccc(O)c1. The van der Waals surface area contributed by atoms with Crippen LogP contribution in [-0.2, 0) is 9.59 Å². The lowest BCUT2D eigenvalue weighted by molar-refractivity contribution is -0.124. The number of nitrogens with zero attached hydrogens (tertiary/aromatic N) is 1. The number of amides is 3. The molecule has 2 heterocycles. The Balaban J connectivity index is 1.43. The molecule has 1 aromatic heterocycles. The molecule has 7 nitrogen and oxygen atoms in total. The van der Waals surface area contributed by atoms with Crippen molar-refractivity contribution in [2.24, 2.45) is 0 Å².